The lowest BCUT2D eigenvalue weighted by molar-refractivity contribution is 0.179. The molecular formula is C13H30N2. The van der Waals surface area contributed by atoms with Gasteiger partial charge in [0, 0.05) is 12.6 Å². The SMILES string of the molecule is CCCCCN(C)C(CN)C(C)CCC. The largest absolute Gasteiger partial charge is 0.329 e. The van der Waals surface area contributed by atoms with Crippen molar-refractivity contribution in [2.24, 2.45) is 11.7 Å². The Labute approximate surface area is 96.2 Å². The van der Waals surface area contributed by atoms with Gasteiger partial charge in [-0.25, -0.2) is 0 Å². The number of nitrogens with zero attached hydrogens (tertiary/aromatic N) is 1. The smallest absolute Gasteiger partial charge is 0.0240 e. The number of hydrogen-bond acceptors (Lipinski definition) is 2. The molecule has 0 saturated carbocycles. The van der Waals surface area contributed by atoms with Gasteiger partial charge < -0.3 is 10.6 Å². The molecule has 0 heterocycles. The van der Waals surface area contributed by atoms with Crippen LogP contribution < -0.4 is 5.73 Å². The van der Waals surface area contributed by atoms with E-state index in [9.17, 15) is 0 Å². The van der Waals surface area contributed by atoms with Crippen molar-refractivity contribution in [3.8, 4) is 0 Å². The van der Waals surface area contributed by atoms with Crippen LogP contribution in [-0.4, -0.2) is 31.1 Å². The Hall–Kier alpha value is -0.0800. The first-order chi connectivity index (χ1) is 7.17. The zero-order chi connectivity index (χ0) is 11.7. The molecule has 92 valence electrons. The number of unbranched alkanes of at least 4 members (excludes halogenated alkanes) is 2. The highest BCUT2D eigenvalue weighted by Gasteiger charge is 2.18. The topological polar surface area (TPSA) is 29.3 Å². The average molecular weight is 214 g/mol. The van der Waals surface area contributed by atoms with E-state index in [1.54, 1.807) is 0 Å². The van der Waals surface area contributed by atoms with Crippen molar-refractivity contribution in [1.82, 2.24) is 4.90 Å². The third-order valence-corrected chi connectivity index (χ3v) is 3.32. The molecule has 0 radical (unpaired) electrons. The Morgan fingerprint density at radius 1 is 1.13 bits per heavy atom. The normalized spacial score (nSPS) is 15.6. The first-order valence-corrected chi connectivity index (χ1v) is 6.57. The maximum atomic E-state index is 5.87. The summed E-state index contributed by atoms with van der Waals surface area (Å²) in [5, 5.41) is 0. The number of rotatable bonds is 9. The summed E-state index contributed by atoms with van der Waals surface area (Å²) >= 11 is 0. The lowest BCUT2D eigenvalue weighted by Gasteiger charge is -2.32. The first kappa shape index (κ1) is 14.9. The van der Waals surface area contributed by atoms with Gasteiger partial charge in [-0.2, -0.15) is 0 Å². The fourth-order valence-corrected chi connectivity index (χ4v) is 2.27. The molecular weight excluding hydrogens is 184 g/mol. The summed E-state index contributed by atoms with van der Waals surface area (Å²) in [5.74, 6) is 0.728. The van der Waals surface area contributed by atoms with Crippen LogP contribution in [0.2, 0.25) is 0 Å². The number of likely N-dealkylation sites (N-methyl/N-ethyl adjacent to an activating group) is 1. The van der Waals surface area contributed by atoms with Crippen LogP contribution in [0.1, 0.15) is 52.9 Å². The highest BCUT2D eigenvalue weighted by molar-refractivity contribution is 4.75. The molecule has 0 rings (SSSR count). The van der Waals surface area contributed by atoms with Crippen LogP contribution in [0.25, 0.3) is 0 Å². The second-order valence-electron chi connectivity index (χ2n) is 4.76. The second kappa shape index (κ2) is 9.17. The average Bonchev–Trinajstić information content (AvgIpc) is 2.19. The monoisotopic (exact) mass is 214 g/mol. The third kappa shape index (κ3) is 6.16. The molecule has 2 heteroatoms. The minimum atomic E-state index is 0.571. The predicted molar refractivity (Wildman–Crippen MR) is 69.1 cm³/mol. The molecule has 0 aliphatic carbocycles. The summed E-state index contributed by atoms with van der Waals surface area (Å²) in [6.07, 6.45) is 6.50. The molecule has 0 bridgehead atoms. The van der Waals surface area contributed by atoms with E-state index in [1.165, 1.54) is 38.6 Å². The van der Waals surface area contributed by atoms with Crippen LogP contribution >= 0.6 is 0 Å². The molecule has 0 saturated heterocycles. The summed E-state index contributed by atoms with van der Waals surface area (Å²) < 4.78 is 0. The van der Waals surface area contributed by atoms with Crippen molar-refractivity contribution in [3.05, 3.63) is 0 Å². The maximum absolute atomic E-state index is 5.87. The molecule has 2 unspecified atom stereocenters. The molecule has 0 amide bonds. The van der Waals surface area contributed by atoms with Crippen LogP contribution in [0.4, 0.5) is 0 Å². The highest BCUT2D eigenvalue weighted by Crippen LogP contribution is 2.15. The summed E-state index contributed by atoms with van der Waals surface area (Å²) in [6.45, 7) is 8.83. The Bertz CT molecular complexity index is 136. The molecule has 0 spiro atoms. The summed E-state index contributed by atoms with van der Waals surface area (Å²) in [4.78, 5) is 2.45. The fourth-order valence-electron chi connectivity index (χ4n) is 2.27. The summed E-state index contributed by atoms with van der Waals surface area (Å²) in [5.41, 5.74) is 5.87. The fraction of sp³-hybridized carbons (Fsp3) is 1.00. The van der Waals surface area contributed by atoms with E-state index in [2.05, 4.69) is 32.7 Å². The molecule has 0 fully saturated rings. The van der Waals surface area contributed by atoms with E-state index < -0.39 is 0 Å². The van der Waals surface area contributed by atoms with Gasteiger partial charge in [-0.15, -0.1) is 0 Å². The van der Waals surface area contributed by atoms with Crippen LogP contribution in [-0.2, 0) is 0 Å². The molecule has 0 aromatic carbocycles. The minimum absolute atomic E-state index is 0.571. The summed E-state index contributed by atoms with van der Waals surface area (Å²) in [7, 11) is 2.22. The van der Waals surface area contributed by atoms with Gasteiger partial charge in [-0.3, -0.25) is 0 Å². The minimum Gasteiger partial charge on any atom is -0.329 e. The van der Waals surface area contributed by atoms with Gasteiger partial charge in [0.15, 0.2) is 0 Å². The lowest BCUT2D eigenvalue weighted by Crippen LogP contribution is -2.43. The van der Waals surface area contributed by atoms with E-state index in [-0.39, 0.29) is 0 Å². The Morgan fingerprint density at radius 3 is 2.27 bits per heavy atom. The van der Waals surface area contributed by atoms with Crippen molar-refractivity contribution in [2.45, 2.75) is 58.9 Å². The van der Waals surface area contributed by atoms with Gasteiger partial charge in [-0.05, 0) is 32.4 Å². The van der Waals surface area contributed by atoms with E-state index in [4.69, 9.17) is 5.73 Å². The Balaban J connectivity index is 3.91. The number of hydrogen-bond donors (Lipinski definition) is 1. The quantitative estimate of drug-likeness (QED) is 0.598. The second-order valence-corrected chi connectivity index (χ2v) is 4.76. The highest BCUT2D eigenvalue weighted by atomic mass is 15.1. The van der Waals surface area contributed by atoms with Crippen molar-refractivity contribution >= 4 is 0 Å². The van der Waals surface area contributed by atoms with Crippen LogP contribution in [0.3, 0.4) is 0 Å². The van der Waals surface area contributed by atoms with Gasteiger partial charge in [0.2, 0.25) is 0 Å². The van der Waals surface area contributed by atoms with Gasteiger partial charge >= 0.3 is 0 Å². The van der Waals surface area contributed by atoms with E-state index >= 15 is 0 Å². The molecule has 2 N–H and O–H groups in total. The first-order valence-electron chi connectivity index (χ1n) is 6.57. The van der Waals surface area contributed by atoms with Crippen LogP contribution in [0.15, 0.2) is 0 Å². The van der Waals surface area contributed by atoms with Gasteiger partial charge in [0.05, 0.1) is 0 Å². The van der Waals surface area contributed by atoms with E-state index in [1.807, 2.05) is 0 Å². The maximum Gasteiger partial charge on any atom is 0.0240 e. The zero-order valence-electron chi connectivity index (χ0n) is 11.1. The van der Waals surface area contributed by atoms with Gasteiger partial charge in [0.25, 0.3) is 0 Å². The molecule has 2 nitrogen and oxygen atoms in total. The van der Waals surface area contributed by atoms with Crippen LogP contribution in [0.5, 0.6) is 0 Å². The van der Waals surface area contributed by atoms with Gasteiger partial charge in [-0.1, -0.05) is 40.0 Å². The lowest BCUT2D eigenvalue weighted by atomic mass is 9.95. The van der Waals surface area contributed by atoms with Crippen molar-refractivity contribution in [1.29, 1.82) is 0 Å². The van der Waals surface area contributed by atoms with Gasteiger partial charge in [0.1, 0.15) is 0 Å². The zero-order valence-corrected chi connectivity index (χ0v) is 11.1. The standard InChI is InChI=1S/C13H30N2/c1-5-7-8-10-15(4)13(11-14)12(3)9-6-2/h12-13H,5-11,14H2,1-4H3. The molecule has 0 aliphatic heterocycles. The van der Waals surface area contributed by atoms with Crippen molar-refractivity contribution < 1.29 is 0 Å². The predicted octanol–water partition coefficient (Wildman–Crippen LogP) is 2.87. The van der Waals surface area contributed by atoms with Crippen LogP contribution in [0, 0.1) is 5.92 Å². The van der Waals surface area contributed by atoms with Crippen molar-refractivity contribution in [3.63, 3.8) is 0 Å². The van der Waals surface area contributed by atoms with E-state index in [0.29, 0.717) is 6.04 Å². The molecule has 0 aromatic rings. The Morgan fingerprint density at radius 2 is 1.80 bits per heavy atom. The molecule has 15 heavy (non-hydrogen) atoms. The van der Waals surface area contributed by atoms with E-state index in [0.717, 1.165) is 12.5 Å². The molecule has 0 aromatic heterocycles. The van der Waals surface area contributed by atoms with Crippen molar-refractivity contribution in [2.75, 3.05) is 20.1 Å². The summed E-state index contributed by atoms with van der Waals surface area (Å²) in [6, 6.07) is 0.571. The molecule has 2 atom stereocenters. The Kier molecular flexibility index (Phi) is 9.12. The molecule has 0 aliphatic rings. The number of nitrogens with two attached hydrogens (primary N) is 1. The third-order valence-electron chi connectivity index (χ3n) is 3.32.